The van der Waals surface area contributed by atoms with Gasteiger partial charge in [0.2, 0.25) is 11.8 Å². The molecule has 2 atom stereocenters. The van der Waals surface area contributed by atoms with Gasteiger partial charge < -0.3 is 15.0 Å². The van der Waals surface area contributed by atoms with Crippen molar-refractivity contribution in [3.8, 4) is 5.75 Å². The van der Waals surface area contributed by atoms with E-state index >= 15 is 0 Å². The second-order valence-corrected chi connectivity index (χ2v) is 13.2. The van der Waals surface area contributed by atoms with Gasteiger partial charge in [0.1, 0.15) is 18.3 Å². The number of thioether (sulfide) groups is 1. The number of halogens is 1. The highest BCUT2D eigenvalue weighted by Gasteiger charge is 2.35. The fraction of sp³-hybridized carbons (Fsp3) is 0.375. The molecular formula is C32H40ClN3O5S2. The highest BCUT2D eigenvalue weighted by atomic mass is 35.5. The number of ether oxygens (including phenoxy) is 1. The molecule has 43 heavy (non-hydrogen) atoms. The van der Waals surface area contributed by atoms with E-state index in [-0.39, 0.29) is 29.1 Å². The largest absolute Gasteiger partial charge is 0.492 e. The Hall–Kier alpha value is -3.21. The lowest BCUT2D eigenvalue weighted by atomic mass is 10.1. The molecule has 0 aliphatic rings. The van der Waals surface area contributed by atoms with E-state index in [1.807, 2.05) is 27.0 Å². The first kappa shape index (κ1) is 34.3. The summed E-state index contributed by atoms with van der Waals surface area (Å²) in [6.45, 7) is 7.34. The fourth-order valence-corrected chi connectivity index (χ4v) is 6.44. The second kappa shape index (κ2) is 16.0. The van der Waals surface area contributed by atoms with Crippen LogP contribution in [0, 0.1) is 0 Å². The van der Waals surface area contributed by atoms with Gasteiger partial charge in [0, 0.05) is 22.5 Å². The van der Waals surface area contributed by atoms with Crippen molar-refractivity contribution in [2.45, 2.75) is 69.0 Å². The number of rotatable bonds is 15. The zero-order valence-corrected chi connectivity index (χ0v) is 27.6. The van der Waals surface area contributed by atoms with E-state index in [1.165, 1.54) is 28.8 Å². The Balaban J connectivity index is 2.11. The lowest BCUT2D eigenvalue weighted by molar-refractivity contribution is -0.140. The molecule has 0 radical (unpaired) electrons. The Morgan fingerprint density at radius 1 is 0.953 bits per heavy atom. The third-order valence-corrected chi connectivity index (χ3v) is 9.78. The van der Waals surface area contributed by atoms with Crippen molar-refractivity contribution in [3.63, 3.8) is 0 Å². The van der Waals surface area contributed by atoms with E-state index in [0.717, 1.165) is 21.2 Å². The van der Waals surface area contributed by atoms with E-state index < -0.39 is 28.5 Å². The number of para-hydroxylation sites is 2. The molecule has 3 rings (SSSR count). The molecule has 0 saturated heterocycles. The second-order valence-electron chi connectivity index (χ2n) is 9.98. The minimum Gasteiger partial charge on any atom is -0.492 e. The van der Waals surface area contributed by atoms with Crippen molar-refractivity contribution in [1.82, 2.24) is 10.2 Å². The smallest absolute Gasteiger partial charge is 0.264 e. The van der Waals surface area contributed by atoms with E-state index in [2.05, 4.69) is 5.32 Å². The highest BCUT2D eigenvalue weighted by Crippen LogP contribution is 2.33. The first-order chi connectivity index (χ1) is 20.5. The van der Waals surface area contributed by atoms with Crippen LogP contribution in [0.4, 0.5) is 5.69 Å². The number of carbonyl (C=O) groups is 2. The molecule has 0 saturated carbocycles. The number of hydrogen-bond donors (Lipinski definition) is 1. The zero-order chi connectivity index (χ0) is 31.6. The summed E-state index contributed by atoms with van der Waals surface area (Å²) in [5.74, 6) is -0.499. The molecule has 3 aromatic carbocycles. The molecule has 3 aromatic rings. The first-order valence-corrected chi connectivity index (χ1v) is 17.3. The third-order valence-electron chi connectivity index (χ3n) is 7.01. The Bertz CT molecular complexity index is 1470. The van der Waals surface area contributed by atoms with Gasteiger partial charge in [0.25, 0.3) is 10.0 Å². The van der Waals surface area contributed by atoms with Crippen LogP contribution < -0.4 is 14.4 Å². The number of amides is 2. The van der Waals surface area contributed by atoms with E-state index in [0.29, 0.717) is 23.8 Å². The number of sulfonamides is 1. The molecule has 0 spiro atoms. The highest BCUT2D eigenvalue weighted by molar-refractivity contribution is 7.98. The minimum atomic E-state index is -4.22. The summed E-state index contributed by atoms with van der Waals surface area (Å²) in [4.78, 5) is 30.1. The van der Waals surface area contributed by atoms with Crippen LogP contribution in [0.1, 0.15) is 46.1 Å². The lowest BCUT2D eigenvalue weighted by Gasteiger charge is -2.34. The van der Waals surface area contributed by atoms with Gasteiger partial charge in [-0.05, 0) is 87.0 Å². The average Bonchev–Trinajstić information content (AvgIpc) is 3.01. The summed E-state index contributed by atoms with van der Waals surface area (Å²) in [6.07, 6.45) is 2.96. The Morgan fingerprint density at radius 2 is 1.60 bits per heavy atom. The maximum Gasteiger partial charge on any atom is 0.264 e. The predicted molar refractivity (Wildman–Crippen MR) is 174 cm³/mol. The molecule has 2 unspecified atom stereocenters. The summed E-state index contributed by atoms with van der Waals surface area (Å²) in [6, 6.07) is 19.3. The first-order valence-electron chi connectivity index (χ1n) is 14.3. The molecule has 0 bridgehead atoms. The lowest BCUT2D eigenvalue weighted by Crippen LogP contribution is -2.53. The summed E-state index contributed by atoms with van der Waals surface area (Å²) in [5.41, 5.74) is 0.986. The zero-order valence-electron chi connectivity index (χ0n) is 25.2. The van der Waals surface area contributed by atoms with Gasteiger partial charge in [-0.1, -0.05) is 49.7 Å². The molecule has 2 amide bonds. The monoisotopic (exact) mass is 645 g/mol. The maximum absolute atomic E-state index is 14.3. The topological polar surface area (TPSA) is 96.0 Å². The van der Waals surface area contributed by atoms with Crippen molar-refractivity contribution >= 4 is 50.9 Å². The molecule has 0 aliphatic heterocycles. The van der Waals surface area contributed by atoms with Crippen LogP contribution in [-0.4, -0.2) is 56.6 Å². The fourth-order valence-electron chi connectivity index (χ4n) is 4.48. The van der Waals surface area contributed by atoms with Gasteiger partial charge in [0.05, 0.1) is 17.2 Å². The van der Waals surface area contributed by atoms with Crippen molar-refractivity contribution in [1.29, 1.82) is 0 Å². The number of carbonyl (C=O) groups excluding carboxylic acids is 2. The van der Waals surface area contributed by atoms with Crippen LogP contribution in [0.25, 0.3) is 0 Å². The standard InChI is InChI=1S/C32H40ClN3O5S2/c1-6-23(4)34-32(38)28(7-2)35(21-24-13-15-25(33)16-14-24)31(37)22-36(29-11-9-10-12-30(29)41-8-3)43(39,40)27-19-17-26(42-5)18-20-27/h9-20,23,28H,6-8,21-22H2,1-5H3,(H,34,38). The van der Waals surface area contributed by atoms with Gasteiger partial charge in [-0.15, -0.1) is 11.8 Å². The van der Waals surface area contributed by atoms with Gasteiger partial charge >= 0.3 is 0 Å². The van der Waals surface area contributed by atoms with Crippen molar-refractivity contribution in [2.24, 2.45) is 0 Å². The molecule has 0 heterocycles. The number of anilines is 1. The van der Waals surface area contributed by atoms with Crippen LogP contribution in [0.5, 0.6) is 5.75 Å². The Morgan fingerprint density at radius 3 is 2.19 bits per heavy atom. The van der Waals surface area contributed by atoms with Crippen molar-refractivity contribution < 1.29 is 22.7 Å². The summed E-state index contributed by atoms with van der Waals surface area (Å²) in [7, 11) is -4.22. The van der Waals surface area contributed by atoms with Gasteiger partial charge in [0.15, 0.2) is 0 Å². The quantitative estimate of drug-likeness (QED) is 0.193. The van der Waals surface area contributed by atoms with E-state index in [4.69, 9.17) is 16.3 Å². The normalized spacial score (nSPS) is 12.7. The van der Waals surface area contributed by atoms with Crippen LogP contribution in [0.2, 0.25) is 5.02 Å². The van der Waals surface area contributed by atoms with Crippen LogP contribution >= 0.6 is 23.4 Å². The van der Waals surface area contributed by atoms with Crippen LogP contribution in [0.15, 0.2) is 82.6 Å². The predicted octanol–water partition coefficient (Wildman–Crippen LogP) is 6.38. The molecule has 0 aliphatic carbocycles. The van der Waals surface area contributed by atoms with Crippen LogP contribution in [-0.2, 0) is 26.2 Å². The summed E-state index contributed by atoms with van der Waals surface area (Å²) in [5, 5.41) is 3.52. The number of benzene rings is 3. The molecule has 0 fully saturated rings. The summed E-state index contributed by atoms with van der Waals surface area (Å²) >= 11 is 7.59. The van der Waals surface area contributed by atoms with Crippen molar-refractivity contribution in [3.05, 3.63) is 83.4 Å². The molecule has 8 nitrogen and oxygen atoms in total. The maximum atomic E-state index is 14.3. The number of nitrogens with zero attached hydrogens (tertiary/aromatic N) is 2. The molecule has 0 aromatic heterocycles. The van der Waals surface area contributed by atoms with Gasteiger partial charge in [-0.2, -0.15) is 0 Å². The molecular weight excluding hydrogens is 606 g/mol. The molecule has 1 N–H and O–H groups in total. The minimum absolute atomic E-state index is 0.0372. The van der Waals surface area contributed by atoms with E-state index in [9.17, 15) is 18.0 Å². The molecule has 232 valence electrons. The average molecular weight is 646 g/mol. The molecule has 11 heteroatoms. The van der Waals surface area contributed by atoms with Crippen LogP contribution in [0.3, 0.4) is 0 Å². The SMILES string of the molecule is CCOc1ccccc1N(CC(=O)N(Cc1ccc(Cl)cc1)C(CC)C(=O)NC(C)CC)S(=O)(=O)c1ccc(SC)cc1. The number of nitrogens with one attached hydrogen (secondary N) is 1. The van der Waals surface area contributed by atoms with Gasteiger partial charge in [-0.25, -0.2) is 8.42 Å². The number of hydrogen-bond acceptors (Lipinski definition) is 6. The third kappa shape index (κ3) is 8.90. The van der Waals surface area contributed by atoms with Crippen molar-refractivity contribution in [2.75, 3.05) is 23.7 Å². The summed E-state index contributed by atoms with van der Waals surface area (Å²) < 4.78 is 35.3. The van der Waals surface area contributed by atoms with E-state index in [1.54, 1.807) is 67.6 Å². The van der Waals surface area contributed by atoms with Gasteiger partial charge in [-0.3, -0.25) is 13.9 Å². The Kier molecular flexibility index (Phi) is 12.8. The Labute approximate surface area is 264 Å².